The highest BCUT2D eigenvalue weighted by Crippen LogP contribution is 2.22. The second-order valence-electron chi connectivity index (χ2n) is 4.71. The van der Waals surface area contributed by atoms with Gasteiger partial charge in [0, 0.05) is 18.0 Å². The molecule has 0 radical (unpaired) electrons. The van der Waals surface area contributed by atoms with Crippen LogP contribution in [-0.4, -0.2) is 40.1 Å². The Kier molecular flexibility index (Phi) is 4.04. The molecule has 0 unspecified atom stereocenters. The molecule has 104 valence electrons. The van der Waals surface area contributed by atoms with Gasteiger partial charge in [0.05, 0.1) is 11.6 Å². The Morgan fingerprint density at radius 1 is 1.47 bits per heavy atom. The fraction of sp³-hybridized carbons (Fsp3) is 0.583. The molecule has 2 rings (SSSR count). The van der Waals surface area contributed by atoms with E-state index in [1.165, 1.54) is 11.3 Å². The number of hydrogen-bond donors (Lipinski definition) is 2. The van der Waals surface area contributed by atoms with Crippen molar-refractivity contribution in [3.05, 3.63) is 10.6 Å². The number of carbonyl (C=O) groups is 2. The molecular formula is C12H17N3O3S. The number of hydrogen-bond acceptors (Lipinski definition) is 4. The van der Waals surface area contributed by atoms with Crippen molar-refractivity contribution < 1.29 is 14.7 Å². The number of aliphatic carboxylic acids is 1. The highest BCUT2D eigenvalue weighted by atomic mass is 32.1. The van der Waals surface area contributed by atoms with Gasteiger partial charge in [0.15, 0.2) is 5.13 Å². The van der Waals surface area contributed by atoms with Crippen LogP contribution < -0.4 is 5.32 Å². The molecular weight excluding hydrogens is 266 g/mol. The lowest BCUT2D eigenvalue weighted by Crippen LogP contribution is -2.44. The van der Waals surface area contributed by atoms with Crippen molar-refractivity contribution in [1.82, 2.24) is 9.88 Å². The molecule has 1 saturated heterocycles. The number of urea groups is 1. The highest BCUT2D eigenvalue weighted by molar-refractivity contribution is 7.15. The third-order valence-corrected chi connectivity index (χ3v) is 4.29. The minimum absolute atomic E-state index is 0.264. The van der Waals surface area contributed by atoms with Gasteiger partial charge in [-0.1, -0.05) is 0 Å². The molecule has 1 aliphatic heterocycles. The first-order valence-electron chi connectivity index (χ1n) is 6.20. The quantitative estimate of drug-likeness (QED) is 0.870. The molecule has 19 heavy (non-hydrogen) atoms. The summed E-state index contributed by atoms with van der Waals surface area (Å²) in [5.41, 5.74) is 0.905. The topological polar surface area (TPSA) is 82.5 Å². The summed E-state index contributed by atoms with van der Waals surface area (Å²) < 4.78 is 0. The zero-order valence-corrected chi connectivity index (χ0v) is 11.8. The van der Waals surface area contributed by atoms with Gasteiger partial charge in [-0.2, -0.15) is 0 Å². The minimum Gasteiger partial charge on any atom is -0.481 e. The van der Waals surface area contributed by atoms with E-state index in [1.807, 2.05) is 13.8 Å². The molecule has 7 heteroatoms. The van der Waals surface area contributed by atoms with Gasteiger partial charge in [-0.15, -0.1) is 11.3 Å². The van der Waals surface area contributed by atoms with Crippen LogP contribution in [0.25, 0.3) is 0 Å². The maximum Gasteiger partial charge on any atom is 0.323 e. The van der Waals surface area contributed by atoms with E-state index in [-0.39, 0.29) is 12.6 Å². The summed E-state index contributed by atoms with van der Waals surface area (Å²) in [5.74, 6) is -1.29. The van der Waals surface area contributed by atoms with Crippen molar-refractivity contribution in [3.63, 3.8) is 0 Å². The first kappa shape index (κ1) is 13.8. The lowest BCUT2D eigenvalue weighted by molar-refractivity contribution is -0.143. The lowest BCUT2D eigenvalue weighted by atomic mass is 9.99. The summed E-state index contributed by atoms with van der Waals surface area (Å²) in [5, 5.41) is 12.3. The third kappa shape index (κ3) is 3.23. The van der Waals surface area contributed by atoms with Crippen molar-refractivity contribution in [2.24, 2.45) is 5.92 Å². The van der Waals surface area contributed by atoms with Crippen LogP contribution in [0.1, 0.15) is 23.4 Å². The Morgan fingerprint density at radius 2 is 2.21 bits per heavy atom. The van der Waals surface area contributed by atoms with Crippen molar-refractivity contribution >= 4 is 28.5 Å². The predicted molar refractivity (Wildman–Crippen MR) is 72.5 cm³/mol. The molecule has 2 heterocycles. The zero-order valence-electron chi connectivity index (χ0n) is 11.0. The van der Waals surface area contributed by atoms with E-state index in [1.54, 1.807) is 4.90 Å². The number of carboxylic acid groups (broad SMARTS) is 1. The lowest BCUT2D eigenvalue weighted by Gasteiger charge is -2.30. The molecule has 6 nitrogen and oxygen atoms in total. The largest absolute Gasteiger partial charge is 0.481 e. The number of rotatable bonds is 2. The highest BCUT2D eigenvalue weighted by Gasteiger charge is 2.28. The summed E-state index contributed by atoms with van der Waals surface area (Å²) >= 11 is 1.43. The first-order valence-corrected chi connectivity index (χ1v) is 7.02. The number of piperidine rings is 1. The van der Waals surface area contributed by atoms with Gasteiger partial charge in [0.2, 0.25) is 0 Å². The number of carbonyl (C=O) groups excluding carboxylic acids is 1. The monoisotopic (exact) mass is 283 g/mol. The predicted octanol–water partition coefficient (Wildman–Crippen LogP) is 2.09. The Morgan fingerprint density at radius 3 is 2.79 bits per heavy atom. The Bertz CT molecular complexity index is 481. The molecule has 1 aliphatic rings. The maximum absolute atomic E-state index is 12.0. The van der Waals surface area contributed by atoms with Crippen LogP contribution in [0.3, 0.4) is 0 Å². The third-order valence-electron chi connectivity index (χ3n) is 3.30. The second kappa shape index (κ2) is 5.56. The van der Waals surface area contributed by atoms with Gasteiger partial charge in [-0.05, 0) is 26.7 Å². The average molecular weight is 283 g/mol. The molecule has 0 bridgehead atoms. The van der Waals surface area contributed by atoms with E-state index in [0.29, 0.717) is 18.1 Å². The Hall–Kier alpha value is -1.63. The molecule has 1 atom stereocenters. The number of anilines is 1. The second-order valence-corrected chi connectivity index (χ2v) is 5.92. The summed E-state index contributed by atoms with van der Waals surface area (Å²) in [6.07, 6.45) is 1.36. The van der Waals surface area contributed by atoms with E-state index in [0.717, 1.165) is 17.0 Å². The van der Waals surface area contributed by atoms with Gasteiger partial charge >= 0.3 is 12.0 Å². The van der Waals surface area contributed by atoms with Gasteiger partial charge in [0.25, 0.3) is 0 Å². The smallest absolute Gasteiger partial charge is 0.323 e. The number of likely N-dealkylation sites (tertiary alicyclic amines) is 1. The van der Waals surface area contributed by atoms with Crippen LogP contribution >= 0.6 is 11.3 Å². The maximum atomic E-state index is 12.0. The van der Waals surface area contributed by atoms with E-state index in [4.69, 9.17) is 5.11 Å². The number of nitrogens with one attached hydrogen (secondary N) is 1. The van der Waals surface area contributed by atoms with Crippen LogP contribution in [0.5, 0.6) is 0 Å². The van der Waals surface area contributed by atoms with E-state index < -0.39 is 11.9 Å². The molecule has 1 aromatic rings. The van der Waals surface area contributed by atoms with E-state index >= 15 is 0 Å². The molecule has 1 fully saturated rings. The number of amides is 2. The molecule has 0 aromatic carbocycles. The van der Waals surface area contributed by atoms with Crippen molar-refractivity contribution in [3.8, 4) is 0 Å². The number of aryl methyl sites for hydroxylation is 2. The fourth-order valence-electron chi connectivity index (χ4n) is 2.06. The summed E-state index contributed by atoms with van der Waals surface area (Å²) in [6, 6.07) is -0.264. The average Bonchev–Trinajstić information content (AvgIpc) is 2.68. The van der Waals surface area contributed by atoms with Crippen LogP contribution in [0.4, 0.5) is 9.93 Å². The van der Waals surface area contributed by atoms with Crippen LogP contribution in [0.15, 0.2) is 0 Å². The molecule has 2 N–H and O–H groups in total. The van der Waals surface area contributed by atoms with Crippen LogP contribution in [0, 0.1) is 19.8 Å². The van der Waals surface area contributed by atoms with E-state index in [2.05, 4.69) is 10.3 Å². The summed E-state index contributed by atoms with van der Waals surface area (Å²) in [7, 11) is 0. The number of nitrogens with zero attached hydrogens (tertiary/aromatic N) is 2. The van der Waals surface area contributed by atoms with Crippen molar-refractivity contribution in [2.75, 3.05) is 18.4 Å². The molecule has 1 aromatic heterocycles. The van der Waals surface area contributed by atoms with Crippen molar-refractivity contribution in [1.29, 1.82) is 0 Å². The van der Waals surface area contributed by atoms with Crippen LogP contribution in [0.2, 0.25) is 0 Å². The fourth-order valence-corrected chi connectivity index (χ4v) is 2.86. The van der Waals surface area contributed by atoms with Gasteiger partial charge < -0.3 is 10.0 Å². The number of carboxylic acids is 1. The number of aromatic nitrogens is 1. The summed E-state index contributed by atoms with van der Waals surface area (Å²) in [4.78, 5) is 29.9. The van der Waals surface area contributed by atoms with Gasteiger partial charge in [-0.25, -0.2) is 9.78 Å². The van der Waals surface area contributed by atoms with Crippen LogP contribution in [-0.2, 0) is 4.79 Å². The van der Waals surface area contributed by atoms with Crippen molar-refractivity contribution in [2.45, 2.75) is 26.7 Å². The minimum atomic E-state index is -0.835. The molecule has 0 saturated carbocycles. The molecule has 0 spiro atoms. The Labute approximate surface area is 115 Å². The molecule has 2 amide bonds. The van der Waals surface area contributed by atoms with Gasteiger partial charge in [0.1, 0.15) is 0 Å². The van der Waals surface area contributed by atoms with E-state index in [9.17, 15) is 9.59 Å². The SMILES string of the molecule is Cc1nc(NC(=O)N2CCC[C@@H](C(=O)O)C2)sc1C. The van der Waals surface area contributed by atoms with Gasteiger partial charge in [-0.3, -0.25) is 10.1 Å². The molecule has 0 aliphatic carbocycles. The Balaban J connectivity index is 1.97. The number of thiazole rings is 1. The zero-order chi connectivity index (χ0) is 14.0. The normalized spacial score (nSPS) is 19.3. The standard InChI is InChI=1S/C12H17N3O3S/c1-7-8(2)19-11(13-7)14-12(18)15-5-3-4-9(6-15)10(16)17/h9H,3-6H2,1-2H3,(H,16,17)(H,13,14,18)/t9-/m1/s1. The summed E-state index contributed by atoms with van der Waals surface area (Å²) in [6.45, 7) is 4.70. The first-order chi connectivity index (χ1) is 8.97.